The van der Waals surface area contributed by atoms with Crippen LogP contribution < -0.4 is 0 Å². The second-order valence-corrected chi connectivity index (χ2v) is 9.66. The molecule has 3 aliphatic rings. The van der Waals surface area contributed by atoms with Gasteiger partial charge in [-0.3, -0.25) is 4.79 Å². The smallest absolute Gasteiger partial charge is 0.302 e. The lowest BCUT2D eigenvalue weighted by Gasteiger charge is -2.54. The van der Waals surface area contributed by atoms with Crippen LogP contribution in [-0.2, 0) is 9.53 Å². The predicted molar refractivity (Wildman–Crippen MR) is 101 cm³/mol. The molecule has 2 N–H and O–H groups in total. The minimum absolute atomic E-state index is 0.116. The SMILES string of the molecule is C=C1CC[C@@H](OC(C)=O)[C@@]2(C)CC=C3[C@](C)(CC[C@]3(O)C(C)C)C[C@]12O. The van der Waals surface area contributed by atoms with Crippen LogP contribution in [0.4, 0.5) is 0 Å². The van der Waals surface area contributed by atoms with Crippen molar-refractivity contribution in [2.45, 2.75) is 90.4 Å². The van der Waals surface area contributed by atoms with Gasteiger partial charge in [0.25, 0.3) is 0 Å². The highest BCUT2D eigenvalue weighted by Gasteiger charge is 2.63. The van der Waals surface area contributed by atoms with Crippen LogP contribution in [0.5, 0.6) is 0 Å². The number of rotatable bonds is 2. The molecule has 0 aromatic carbocycles. The van der Waals surface area contributed by atoms with Gasteiger partial charge < -0.3 is 14.9 Å². The third-order valence-corrected chi connectivity index (χ3v) is 7.76. The number of allylic oxidation sites excluding steroid dienone is 1. The molecule has 0 spiro atoms. The molecule has 0 radical (unpaired) electrons. The Balaban J connectivity index is 2.11. The Hall–Kier alpha value is -1.13. The summed E-state index contributed by atoms with van der Waals surface area (Å²) in [6.07, 6.45) is 5.79. The Morgan fingerprint density at radius 2 is 1.96 bits per heavy atom. The highest BCUT2D eigenvalue weighted by Crippen LogP contribution is 2.63. The second kappa shape index (κ2) is 5.93. The van der Waals surface area contributed by atoms with Crippen molar-refractivity contribution in [2.75, 3.05) is 0 Å². The zero-order chi connectivity index (χ0) is 19.5. The van der Waals surface area contributed by atoms with E-state index < -0.39 is 16.6 Å². The molecule has 0 amide bonds. The molecule has 0 unspecified atom stereocenters. The molecule has 0 heterocycles. The Bertz CT molecular complexity index is 665. The van der Waals surface area contributed by atoms with E-state index in [0.717, 1.165) is 24.0 Å². The normalized spacial score (nSPS) is 45.6. The first-order valence-electron chi connectivity index (χ1n) is 9.90. The number of fused-ring (bicyclic) bond motifs is 2. The molecular weight excluding hydrogens is 328 g/mol. The summed E-state index contributed by atoms with van der Waals surface area (Å²) in [5.41, 5.74) is -0.954. The fraction of sp³-hybridized carbons (Fsp3) is 0.773. The molecular formula is C22H34O4. The lowest BCUT2D eigenvalue weighted by molar-refractivity contribution is -0.179. The number of hydrogen-bond donors (Lipinski definition) is 2. The van der Waals surface area contributed by atoms with E-state index in [1.54, 1.807) is 0 Å². The van der Waals surface area contributed by atoms with Gasteiger partial charge >= 0.3 is 5.97 Å². The molecule has 146 valence electrons. The molecule has 2 fully saturated rings. The number of esters is 1. The average molecular weight is 363 g/mol. The minimum Gasteiger partial charge on any atom is -0.462 e. The summed E-state index contributed by atoms with van der Waals surface area (Å²) in [4.78, 5) is 11.7. The van der Waals surface area contributed by atoms with Crippen LogP contribution in [-0.4, -0.2) is 33.5 Å². The first kappa shape index (κ1) is 19.6. The highest BCUT2D eigenvalue weighted by atomic mass is 16.5. The van der Waals surface area contributed by atoms with Crippen molar-refractivity contribution in [2.24, 2.45) is 16.7 Å². The summed E-state index contributed by atoms with van der Waals surface area (Å²) in [5.74, 6) is -0.196. The van der Waals surface area contributed by atoms with Crippen LogP contribution >= 0.6 is 0 Å². The van der Waals surface area contributed by atoms with Crippen molar-refractivity contribution in [3.05, 3.63) is 23.8 Å². The Labute approximate surface area is 157 Å². The zero-order valence-corrected chi connectivity index (χ0v) is 16.9. The van der Waals surface area contributed by atoms with E-state index in [-0.39, 0.29) is 23.4 Å². The van der Waals surface area contributed by atoms with Crippen molar-refractivity contribution >= 4 is 5.97 Å². The van der Waals surface area contributed by atoms with Gasteiger partial charge in [0.1, 0.15) is 6.10 Å². The predicted octanol–water partition coefficient (Wildman–Crippen LogP) is 3.91. The van der Waals surface area contributed by atoms with E-state index in [2.05, 4.69) is 33.4 Å². The number of ether oxygens (including phenoxy) is 1. The number of hydrogen-bond acceptors (Lipinski definition) is 4. The molecule has 0 aromatic rings. The van der Waals surface area contributed by atoms with Crippen molar-refractivity contribution in [1.82, 2.24) is 0 Å². The maximum Gasteiger partial charge on any atom is 0.302 e. The van der Waals surface area contributed by atoms with Crippen LogP contribution in [0.3, 0.4) is 0 Å². The van der Waals surface area contributed by atoms with Gasteiger partial charge in [0, 0.05) is 12.3 Å². The van der Waals surface area contributed by atoms with Crippen molar-refractivity contribution in [3.8, 4) is 0 Å². The number of carbonyl (C=O) groups is 1. The van der Waals surface area contributed by atoms with Crippen LogP contribution in [0.2, 0.25) is 0 Å². The summed E-state index contributed by atoms with van der Waals surface area (Å²) in [5, 5.41) is 23.3. The molecule has 3 aliphatic carbocycles. The van der Waals surface area contributed by atoms with Crippen molar-refractivity contribution in [1.29, 1.82) is 0 Å². The summed E-state index contributed by atoms with van der Waals surface area (Å²) in [7, 11) is 0. The monoisotopic (exact) mass is 362 g/mol. The number of aliphatic hydroxyl groups is 2. The minimum atomic E-state index is -1.11. The van der Waals surface area contributed by atoms with E-state index >= 15 is 0 Å². The standard InChI is InChI=1S/C22H34O4/c1-14(2)21(24)12-11-19(5)13-22(25)15(3)7-8-18(26-16(4)23)20(22,6)10-9-17(19)21/h9,14,18,24-25H,3,7-8,10-13H2,1-2,4-6H3/t18-,19-,20-,21+,22+/m1/s1. The van der Waals surface area contributed by atoms with Gasteiger partial charge in [-0.2, -0.15) is 0 Å². The molecule has 2 saturated carbocycles. The van der Waals surface area contributed by atoms with Gasteiger partial charge in [0.2, 0.25) is 0 Å². The average Bonchev–Trinajstić information content (AvgIpc) is 2.73. The summed E-state index contributed by atoms with van der Waals surface area (Å²) in [6.45, 7) is 13.9. The summed E-state index contributed by atoms with van der Waals surface area (Å²) in [6, 6.07) is 0. The highest BCUT2D eigenvalue weighted by molar-refractivity contribution is 5.66. The molecule has 4 heteroatoms. The van der Waals surface area contributed by atoms with Crippen LogP contribution in [0.15, 0.2) is 23.8 Å². The molecule has 0 aromatic heterocycles. The largest absolute Gasteiger partial charge is 0.462 e. The van der Waals surface area contributed by atoms with Crippen LogP contribution in [0, 0.1) is 16.7 Å². The quantitative estimate of drug-likeness (QED) is 0.577. The third kappa shape index (κ3) is 2.52. The Morgan fingerprint density at radius 3 is 2.54 bits per heavy atom. The first-order valence-corrected chi connectivity index (χ1v) is 9.90. The fourth-order valence-corrected chi connectivity index (χ4v) is 5.86. The molecule has 26 heavy (non-hydrogen) atoms. The summed E-state index contributed by atoms with van der Waals surface area (Å²) < 4.78 is 5.66. The van der Waals surface area contributed by atoms with E-state index in [4.69, 9.17) is 4.74 Å². The van der Waals surface area contributed by atoms with Gasteiger partial charge in [-0.1, -0.05) is 40.3 Å². The van der Waals surface area contributed by atoms with Crippen molar-refractivity contribution < 1.29 is 19.7 Å². The van der Waals surface area contributed by atoms with Gasteiger partial charge in [-0.25, -0.2) is 0 Å². The van der Waals surface area contributed by atoms with E-state index in [1.807, 2.05) is 6.92 Å². The topological polar surface area (TPSA) is 66.8 Å². The van der Waals surface area contributed by atoms with E-state index in [9.17, 15) is 15.0 Å². The molecule has 5 atom stereocenters. The molecule has 0 saturated heterocycles. The van der Waals surface area contributed by atoms with Gasteiger partial charge in [-0.05, 0) is 61.0 Å². The van der Waals surface area contributed by atoms with Crippen LogP contribution in [0.1, 0.15) is 73.1 Å². The molecule has 0 aliphatic heterocycles. The Morgan fingerprint density at radius 1 is 1.31 bits per heavy atom. The fourth-order valence-electron chi connectivity index (χ4n) is 5.86. The zero-order valence-electron chi connectivity index (χ0n) is 16.9. The molecule has 3 rings (SSSR count). The lowest BCUT2D eigenvalue weighted by atomic mass is 9.56. The van der Waals surface area contributed by atoms with Crippen molar-refractivity contribution in [3.63, 3.8) is 0 Å². The summed E-state index contributed by atoms with van der Waals surface area (Å²) >= 11 is 0. The number of carbonyl (C=O) groups excluding carboxylic acids is 1. The van der Waals surface area contributed by atoms with E-state index in [1.165, 1.54) is 6.92 Å². The maximum absolute atomic E-state index is 11.9. The molecule has 4 nitrogen and oxygen atoms in total. The second-order valence-electron chi connectivity index (χ2n) is 9.66. The maximum atomic E-state index is 11.9. The first-order chi connectivity index (χ1) is 11.9. The Kier molecular flexibility index (Phi) is 4.48. The van der Waals surface area contributed by atoms with Gasteiger partial charge in [0.05, 0.1) is 11.2 Å². The van der Waals surface area contributed by atoms with Crippen LogP contribution in [0.25, 0.3) is 0 Å². The molecule has 0 bridgehead atoms. The van der Waals surface area contributed by atoms with Gasteiger partial charge in [0.15, 0.2) is 0 Å². The lowest BCUT2D eigenvalue weighted by Crippen LogP contribution is -2.59. The van der Waals surface area contributed by atoms with Gasteiger partial charge in [-0.15, -0.1) is 0 Å². The van der Waals surface area contributed by atoms with E-state index in [0.29, 0.717) is 25.7 Å². The third-order valence-electron chi connectivity index (χ3n) is 7.76.